The summed E-state index contributed by atoms with van der Waals surface area (Å²) in [6, 6.07) is 8.60. The predicted molar refractivity (Wildman–Crippen MR) is 92.6 cm³/mol. The first-order valence-electron chi connectivity index (χ1n) is 8.13. The van der Waals surface area contributed by atoms with Crippen molar-refractivity contribution in [1.29, 1.82) is 0 Å². The van der Waals surface area contributed by atoms with Crippen molar-refractivity contribution < 1.29 is 19.7 Å². The van der Waals surface area contributed by atoms with Crippen LogP contribution in [-0.2, 0) is 6.42 Å². The lowest BCUT2D eigenvalue weighted by atomic mass is 9.91. The summed E-state index contributed by atoms with van der Waals surface area (Å²) in [4.78, 5) is 0. The third-order valence-electron chi connectivity index (χ3n) is 4.64. The van der Waals surface area contributed by atoms with Crippen molar-refractivity contribution in [3.63, 3.8) is 0 Å². The van der Waals surface area contributed by atoms with Crippen LogP contribution in [0.15, 0.2) is 30.3 Å². The number of phenols is 2. The number of rotatable bonds is 1. The van der Waals surface area contributed by atoms with Gasteiger partial charge in [-0.25, -0.2) is 0 Å². The molecule has 0 radical (unpaired) electrons. The van der Waals surface area contributed by atoms with Gasteiger partial charge >= 0.3 is 0 Å². The molecule has 24 heavy (non-hydrogen) atoms. The van der Waals surface area contributed by atoms with Crippen LogP contribution < -0.4 is 9.47 Å². The summed E-state index contributed by atoms with van der Waals surface area (Å²) in [7, 11) is 0. The number of benzene rings is 2. The van der Waals surface area contributed by atoms with E-state index in [0.717, 1.165) is 41.0 Å². The lowest BCUT2D eigenvalue weighted by molar-refractivity contribution is 0.0834. The van der Waals surface area contributed by atoms with Crippen LogP contribution in [0.1, 0.15) is 37.0 Å². The molecule has 0 unspecified atom stereocenters. The van der Waals surface area contributed by atoms with Crippen LogP contribution in [0.5, 0.6) is 23.0 Å². The molecule has 124 valence electrons. The third-order valence-corrected chi connectivity index (χ3v) is 4.64. The number of fused-ring (bicyclic) bond motifs is 3. The standard InChI is InChI=1S/C20H20O4/c1-20(2)8-7-16-18(24-20)6-3-12-9-13(11-23-19(12)16)15-5-4-14(21)10-17(15)22/h3-6,9-10,21-22H,7-8,11H2,1-2H3. The van der Waals surface area contributed by atoms with Crippen LogP contribution in [0, 0.1) is 0 Å². The molecule has 0 fully saturated rings. The SMILES string of the molecule is CC1(C)CCc2c(ccc3c2OCC(c2ccc(O)cc2O)=C3)O1. The van der Waals surface area contributed by atoms with Gasteiger partial charge in [-0.15, -0.1) is 0 Å². The summed E-state index contributed by atoms with van der Waals surface area (Å²) in [6.07, 6.45) is 3.92. The predicted octanol–water partition coefficient (Wildman–Crippen LogP) is 4.13. The van der Waals surface area contributed by atoms with Gasteiger partial charge in [0.15, 0.2) is 0 Å². The zero-order chi connectivity index (χ0) is 16.9. The molecule has 4 rings (SSSR count). The van der Waals surface area contributed by atoms with Crippen molar-refractivity contribution in [2.75, 3.05) is 6.61 Å². The van der Waals surface area contributed by atoms with E-state index in [1.807, 2.05) is 18.2 Å². The molecule has 2 aromatic carbocycles. The second kappa shape index (κ2) is 5.20. The second-order valence-corrected chi connectivity index (χ2v) is 6.98. The highest BCUT2D eigenvalue weighted by Gasteiger charge is 2.30. The number of phenolic OH excluding ortho intramolecular Hbond substituents is 2. The fraction of sp³-hybridized carbons (Fsp3) is 0.300. The van der Waals surface area contributed by atoms with Crippen molar-refractivity contribution in [3.05, 3.63) is 47.0 Å². The van der Waals surface area contributed by atoms with E-state index in [0.29, 0.717) is 12.2 Å². The summed E-state index contributed by atoms with van der Waals surface area (Å²) >= 11 is 0. The Labute approximate surface area is 141 Å². The minimum absolute atomic E-state index is 0.0443. The Balaban J connectivity index is 1.75. The van der Waals surface area contributed by atoms with Crippen LogP contribution in [-0.4, -0.2) is 22.4 Å². The molecule has 2 aromatic rings. The second-order valence-electron chi connectivity index (χ2n) is 6.98. The molecule has 0 spiro atoms. The Morgan fingerprint density at radius 1 is 1.08 bits per heavy atom. The lowest BCUT2D eigenvalue weighted by Gasteiger charge is -2.34. The highest BCUT2D eigenvalue weighted by molar-refractivity contribution is 5.88. The van der Waals surface area contributed by atoms with E-state index < -0.39 is 0 Å². The van der Waals surface area contributed by atoms with E-state index >= 15 is 0 Å². The molecule has 0 aliphatic carbocycles. The van der Waals surface area contributed by atoms with E-state index in [1.54, 1.807) is 12.1 Å². The lowest BCUT2D eigenvalue weighted by Crippen LogP contribution is -2.33. The summed E-state index contributed by atoms with van der Waals surface area (Å²) in [5.41, 5.74) is 3.53. The highest BCUT2D eigenvalue weighted by Crippen LogP contribution is 2.44. The Bertz CT molecular complexity index is 849. The van der Waals surface area contributed by atoms with E-state index in [1.165, 1.54) is 6.07 Å². The summed E-state index contributed by atoms with van der Waals surface area (Å²) < 4.78 is 12.1. The molecule has 2 heterocycles. The molecule has 0 amide bonds. The van der Waals surface area contributed by atoms with Crippen LogP contribution in [0.4, 0.5) is 0 Å². The van der Waals surface area contributed by atoms with Gasteiger partial charge in [-0.3, -0.25) is 0 Å². The van der Waals surface area contributed by atoms with Gasteiger partial charge in [-0.1, -0.05) is 0 Å². The molecule has 2 aliphatic rings. The molecule has 2 N–H and O–H groups in total. The molecule has 0 aromatic heterocycles. The molecule has 4 nitrogen and oxygen atoms in total. The first-order chi connectivity index (χ1) is 11.4. The van der Waals surface area contributed by atoms with Crippen molar-refractivity contribution in [3.8, 4) is 23.0 Å². The monoisotopic (exact) mass is 324 g/mol. The summed E-state index contributed by atoms with van der Waals surface area (Å²) in [6.45, 7) is 4.58. The molecule has 4 heteroatoms. The molecule has 2 aliphatic heterocycles. The maximum absolute atomic E-state index is 10.1. The van der Waals surface area contributed by atoms with Gasteiger partial charge < -0.3 is 19.7 Å². The van der Waals surface area contributed by atoms with Gasteiger partial charge in [0.25, 0.3) is 0 Å². The fourth-order valence-corrected chi connectivity index (χ4v) is 3.35. The smallest absolute Gasteiger partial charge is 0.133 e. The van der Waals surface area contributed by atoms with Crippen LogP contribution in [0.2, 0.25) is 0 Å². The maximum Gasteiger partial charge on any atom is 0.133 e. The molecule has 0 bridgehead atoms. The van der Waals surface area contributed by atoms with Crippen LogP contribution in [0.3, 0.4) is 0 Å². The Hall–Kier alpha value is -2.62. The minimum atomic E-state index is -0.144. The maximum atomic E-state index is 10.1. The number of aromatic hydroxyl groups is 2. The average molecular weight is 324 g/mol. The van der Waals surface area contributed by atoms with Crippen LogP contribution in [0.25, 0.3) is 11.6 Å². The Morgan fingerprint density at radius 2 is 1.92 bits per heavy atom. The number of hydrogen-bond donors (Lipinski definition) is 2. The first-order valence-corrected chi connectivity index (χ1v) is 8.13. The quantitative estimate of drug-likeness (QED) is 0.828. The van der Waals surface area contributed by atoms with E-state index in [2.05, 4.69) is 13.8 Å². The van der Waals surface area contributed by atoms with Crippen molar-refractivity contribution in [1.82, 2.24) is 0 Å². The number of hydrogen-bond acceptors (Lipinski definition) is 4. The first kappa shape index (κ1) is 14.9. The Morgan fingerprint density at radius 3 is 2.71 bits per heavy atom. The van der Waals surface area contributed by atoms with Gasteiger partial charge in [0.1, 0.15) is 35.2 Å². The van der Waals surface area contributed by atoms with Gasteiger partial charge in [-0.2, -0.15) is 0 Å². The summed E-state index contributed by atoms with van der Waals surface area (Å²) in [5.74, 6) is 1.87. The Kier molecular flexibility index (Phi) is 3.23. The van der Waals surface area contributed by atoms with E-state index in [-0.39, 0.29) is 17.1 Å². The molecule has 0 atom stereocenters. The van der Waals surface area contributed by atoms with Crippen molar-refractivity contribution in [2.45, 2.75) is 32.3 Å². The van der Waals surface area contributed by atoms with E-state index in [4.69, 9.17) is 9.47 Å². The fourth-order valence-electron chi connectivity index (χ4n) is 3.35. The topological polar surface area (TPSA) is 58.9 Å². The van der Waals surface area contributed by atoms with Gasteiger partial charge in [0, 0.05) is 28.3 Å². The molecule has 0 saturated heterocycles. The largest absolute Gasteiger partial charge is 0.508 e. The minimum Gasteiger partial charge on any atom is -0.508 e. The van der Waals surface area contributed by atoms with Crippen molar-refractivity contribution >= 4 is 11.6 Å². The van der Waals surface area contributed by atoms with E-state index in [9.17, 15) is 10.2 Å². The van der Waals surface area contributed by atoms with Gasteiger partial charge in [-0.05, 0) is 57.0 Å². The molecular formula is C20H20O4. The third kappa shape index (κ3) is 2.48. The average Bonchev–Trinajstić information content (AvgIpc) is 2.53. The zero-order valence-electron chi connectivity index (χ0n) is 13.8. The summed E-state index contributed by atoms with van der Waals surface area (Å²) in [5, 5.41) is 19.5. The number of ether oxygens (including phenoxy) is 2. The van der Waals surface area contributed by atoms with Gasteiger partial charge in [0.05, 0.1) is 0 Å². The zero-order valence-corrected chi connectivity index (χ0v) is 13.8. The van der Waals surface area contributed by atoms with Crippen LogP contribution >= 0.6 is 0 Å². The highest BCUT2D eigenvalue weighted by atomic mass is 16.5. The molecular weight excluding hydrogens is 304 g/mol. The molecule has 0 saturated carbocycles. The van der Waals surface area contributed by atoms with Crippen molar-refractivity contribution in [2.24, 2.45) is 0 Å². The normalized spacial score (nSPS) is 17.8. The van der Waals surface area contributed by atoms with Gasteiger partial charge in [0.2, 0.25) is 0 Å².